The molecule has 0 radical (unpaired) electrons. The van der Waals surface area contributed by atoms with Crippen molar-refractivity contribution in [2.75, 3.05) is 26.2 Å². The highest BCUT2D eigenvalue weighted by atomic mass is 16.6. The van der Waals surface area contributed by atoms with Gasteiger partial charge in [0, 0.05) is 38.3 Å². The predicted octanol–water partition coefficient (Wildman–Crippen LogP) is 4.94. The number of hydrogen-bond acceptors (Lipinski definition) is 5. The topological polar surface area (TPSA) is 58.8 Å². The van der Waals surface area contributed by atoms with E-state index in [0.29, 0.717) is 12.4 Å². The van der Waals surface area contributed by atoms with Crippen molar-refractivity contribution in [2.24, 2.45) is 0 Å². The Hall–Kier alpha value is -2.86. The van der Waals surface area contributed by atoms with Crippen molar-refractivity contribution >= 4 is 17.2 Å². The molecule has 0 atom stereocenters. The molecular formula is C24H29N3O3. The van der Waals surface area contributed by atoms with E-state index in [1.165, 1.54) is 5.56 Å². The number of aromatic nitrogens is 1. The number of hydrogen-bond donors (Lipinski definition) is 0. The van der Waals surface area contributed by atoms with Gasteiger partial charge in [0.1, 0.15) is 11.1 Å². The Bertz CT molecular complexity index is 1010. The van der Waals surface area contributed by atoms with Gasteiger partial charge in [-0.1, -0.05) is 24.3 Å². The van der Waals surface area contributed by atoms with E-state index in [-0.39, 0.29) is 6.09 Å². The first-order valence-corrected chi connectivity index (χ1v) is 10.5. The van der Waals surface area contributed by atoms with Crippen molar-refractivity contribution < 1.29 is 13.9 Å². The molecule has 3 aromatic rings. The van der Waals surface area contributed by atoms with Gasteiger partial charge in [0.25, 0.3) is 0 Å². The molecule has 2 heterocycles. The minimum Gasteiger partial charge on any atom is -0.444 e. The molecule has 0 spiro atoms. The number of carbonyl (C=O) groups excluding carboxylic acids is 1. The van der Waals surface area contributed by atoms with E-state index >= 15 is 0 Å². The molecular weight excluding hydrogens is 378 g/mol. The number of amides is 1. The van der Waals surface area contributed by atoms with Crippen molar-refractivity contribution in [1.29, 1.82) is 0 Å². The molecule has 1 saturated heterocycles. The Morgan fingerprint density at radius 3 is 2.63 bits per heavy atom. The lowest BCUT2D eigenvalue weighted by molar-refractivity contribution is 0.0257. The maximum absolute atomic E-state index is 12.4. The van der Waals surface area contributed by atoms with Gasteiger partial charge in [0.15, 0.2) is 5.58 Å². The van der Waals surface area contributed by atoms with Crippen LogP contribution in [0.3, 0.4) is 0 Å². The summed E-state index contributed by atoms with van der Waals surface area (Å²) in [7, 11) is 0. The first kappa shape index (κ1) is 20.4. The minimum absolute atomic E-state index is 0.221. The smallest absolute Gasteiger partial charge is 0.410 e. The molecule has 1 aliphatic rings. The Kier molecular flexibility index (Phi) is 5.77. The number of rotatable bonds is 3. The molecule has 1 fully saturated rings. The van der Waals surface area contributed by atoms with Crippen molar-refractivity contribution in [2.45, 2.75) is 39.3 Å². The summed E-state index contributed by atoms with van der Waals surface area (Å²) in [5, 5.41) is 0. The van der Waals surface area contributed by atoms with Crippen LogP contribution in [0.1, 0.15) is 32.8 Å². The third-order valence-corrected chi connectivity index (χ3v) is 5.12. The van der Waals surface area contributed by atoms with Crippen LogP contribution in [0, 0.1) is 0 Å². The molecule has 0 bridgehead atoms. The maximum atomic E-state index is 12.4. The van der Waals surface area contributed by atoms with Gasteiger partial charge in [-0.05, 0) is 57.0 Å². The molecule has 2 aromatic carbocycles. The summed E-state index contributed by atoms with van der Waals surface area (Å²) in [6.07, 6.45) is 0.714. The number of oxazole rings is 1. The van der Waals surface area contributed by atoms with E-state index in [2.05, 4.69) is 22.0 Å². The van der Waals surface area contributed by atoms with Gasteiger partial charge in [-0.15, -0.1) is 0 Å². The van der Waals surface area contributed by atoms with Gasteiger partial charge < -0.3 is 14.1 Å². The summed E-state index contributed by atoms with van der Waals surface area (Å²) >= 11 is 0. The zero-order valence-electron chi connectivity index (χ0n) is 17.9. The Balaban J connectivity index is 1.41. The standard InChI is InChI=1S/C24H29N3O3/c1-24(2,3)30-23(28)27-13-7-12-26(14-15-27)17-18-10-11-21-20(16-18)25-22(29-21)19-8-5-4-6-9-19/h4-6,8-11,16H,7,12-15,17H2,1-3H3. The predicted molar refractivity (Wildman–Crippen MR) is 117 cm³/mol. The van der Waals surface area contributed by atoms with E-state index in [4.69, 9.17) is 9.15 Å². The second-order valence-corrected chi connectivity index (χ2v) is 8.78. The summed E-state index contributed by atoms with van der Waals surface area (Å²) in [6, 6.07) is 16.1. The van der Waals surface area contributed by atoms with Crippen molar-refractivity contribution in [1.82, 2.24) is 14.8 Å². The van der Waals surface area contributed by atoms with Gasteiger partial charge >= 0.3 is 6.09 Å². The zero-order chi connectivity index (χ0) is 21.1. The van der Waals surface area contributed by atoms with E-state index < -0.39 is 5.60 Å². The lowest BCUT2D eigenvalue weighted by Crippen LogP contribution is -2.39. The SMILES string of the molecule is CC(C)(C)OC(=O)N1CCCN(Cc2ccc3oc(-c4ccccc4)nc3c2)CC1. The molecule has 1 aliphatic heterocycles. The Morgan fingerprint density at radius 2 is 1.87 bits per heavy atom. The number of ether oxygens (including phenoxy) is 1. The average molecular weight is 408 g/mol. The molecule has 6 heteroatoms. The van der Waals surface area contributed by atoms with Crippen LogP contribution in [0.2, 0.25) is 0 Å². The number of fused-ring (bicyclic) bond motifs is 1. The van der Waals surface area contributed by atoms with Gasteiger partial charge in [0.2, 0.25) is 5.89 Å². The van der Waals surface area contributed by atoms with Crippen LogP contribution in [0.5, 0.6) is 0 Å². The van der Waals surface area contributed by atoms with Gasteiger partial charge in [-0.3, -0.25) is 4.90 Å². The summed E-state index contributed by atoms with van der Waals surface area (Å²) in [4.78, 5) is 21.2. The average Bonchev–Trinajstić information content (AvgIpc) is 2.98. The van der Waals surface area contributed by atoms with Crippen LogP contribution in [0.25, 0.3) is 22.6 Å². The molecule has 1 amide bonds. The first-order chi connectivity index (χ1) is 14.4. The highest BCUT2D eigenvalue weighted by Crippen LogP contribution is 2.25. The monoisotopic (exact) mass is 407 g/mol. The van der Waals surface area contributed by atoms with E-state index in [1.54, 1.807) is 0 Å². The van der Waals surface area contributed by atoms with E-state index in [9.17, 15) is 4.79 Å². The summed E-state index contributed by atoms with van der Waals surface area (Å²) in [6.45, 7) is 9.71. The van der Waals surface area contributed by atoms with Crippen molar-refractivity contribution in [3.8, 4) is 11.5 Å². The molecule has 4 rings (SSSR count). The lowest BCUT2D eigenvalue weighted by atomic mass is 10.2. The van der Waals surface area contributed by atoms with Crippen LogP contribution in [0.4, 0.5) is 4.79 Å². The minimum atomic E-state index is -0.464. The molecule has 6 nitrogen and oxygen atoms in total. The Labute approximate surface area is 177 Å². The zero-order valence-corrected chi connectivity index (χ0v) is 17.9. The molecule has 0 saturated carbocycles. The van der Waals surface area contributed by atoms with Gasteiger partial charge in [0.05, 0.1) is 0 Å². The molecule has 0 unspecified atom stereocenters. The fourth-order valence-corrected chi connectivity index (χ4v) is 3.67. The fraction of sp³-hybridized carbons (Fsp3) is 0.417. The van der Waals surface area contributed by atoms with Crippen LogP contribution < -0.4 is 0 Å². The molecule has 0 N–H and O–H groups in total. The second-order valence-electron chi connectivity index (χ2n) is 8.78. The van der Waals surface area contributed by atoms with Gasteiger partial charge in [-0.2, -0.15) is 0 Å². The third kappa shape index (κ3) is 5.00. The van der Waals surface area contributed by atoms with E-state index in [1.807, 2.05) is 62.1 Å². The molecule has 1 aromatic heterocycles. The summed E-state index contributed by atoms with van der Waals surface area (Å²) < 4.78 is 11.4. The third-order valence-electron chi connectivity index (χ3n) is 5.12. The van der Waals surface area contributed by atoms with Crippen molar-refractivity contribution in [3.05, 3.63) is 54.1 Å². The first-order valence-electron chi connectivity index (χ1n) is 10.5. The van der Waals surface area contributed by atoms with Gasteiger partial charge in [-0.25, -0.2) is 9.78 Å². The largest absolute Gasteiger partial charge is 0.444 e. The highest BCUT2D eigenvalue weighted by molar-refractivity contribution is 5.76. The molecule has 30 heavy (non-hydrogen) atoms. The summed E-state index contributed by atoms with van der Waals surface area (Å²) in [5.41, 5.74) is 3.38. The normalized spacial score (nSPS) is 15.9. The quantitative estimate of drug-likeness (QED) is 0.616. The Morgan fingerprint density at radius 1 is 1.07 bits per heavy atom. The van der Waals surface area contributed by atoms with Crippen LogP contribution in [-0.2, 0) is 11.3 Å². The van der Waals surface area contributed by atoms with E-state index in [0.717, 1.165) is 49.3 Å². The van der Waals surface area contributed by atoms with Crippen LogP contribution >= 0.6 is 0 Å². The maximum Gasteiger partial charge on any atom is 0.410 e. The second kappa shape index (κ2) is 8.48. The lowest BCUT2D eigenvalue weighted by Gasteiger charge is -2.26. The van der Waals surface area contributed by atoms with Crippen LogP contribution in [0.15, 0.2) is 52.9 Å². The van der Waals surface area contributed by atoms with Crippen molar-refractivity contribution in [3.63, 3.8) is 0 Å². The molecule has 0 aliphatic carbocycles. The van der Waals surface area contributed by atoms with Crippen LogP contribution in [-0.4, -0.2) is 52.7 Å². The molecule has 158 valence electrons. The number of nitrogens with zero attached hydrogens (tertiary/aromatic N) is 3. The number of benzene rings is 2. The number of carbonyl (C=O) groups is 1. The fourth-order valence-electron chi connectivity index (χ4n) is 3.67. The highest BCUT2D eigenvalue weighted by Gasteiger charge is 2.24. The summed E-state index contributed by atoms with van der Waals surface area (Å²) in [5.74, 6) is 0.644.